The molecule has 0 saturated carbocycles. The van der Waals surface area contributed by atoms with Crippen molar-refractivity contribution in [3.63, 3.8) is 0 Å². The molecule has 0 unspecified atom stereocenters. The summed E-state index contributed by atoms with van der Waals surface area (Å²) >= 11 is 0. The molecule has 0 spiro atoms. The van der Waals surface area contributed by atoms with Gasteiger partial charge >= 0.3 is 7.12 Å². The molecule has 6 nitrogen and oxygen atoms in total. The van der Waals surface area contributed by atoms with Crippen LogP contribution in [0.5, 0.6) is 5.75 Å². The van der Waals surface area contributed by atoms with Gasteiger partial charge in [0.2, 0.25) is 10.0 Å². The summed E-state index contributed by atoms with van der Waals surface area (Å²) in [7, 11) is -4.00. The minimum atomic E-state index is -3.67. The smallest absolute Gasteiger partial charge is 0.488 e. The third-order valence-corrected chi connectivity index (χ3v) is 5.34. The Bertz CT molecular complexity index is 569. The Balaban J connectivity index is 2.45. The first-order chi connectivity index (χ1) is 9.46. The zero-order valence-corrected chi connectivity index (χ0v) is 12.1. The molecule has 0 aliphatic carbocycles. The van der Waals surface area contributed by atoms with E-state index >= 15 is 0 Å². The predicted molar refractivity (Wildman–Crippen MR) is 75.4 cm³/mol. The third-order valence-electron chi connectivity index (χ3n) is 3.42. The fraction of sp³-hybridized carbons (Fsp3) is 0.500. The van der Waals surface area contributed by atoms with Crippen LogP contribution in [0.1, 0.15) is 19.3 Å². The fourth-order valence-electron chi connectivity index (χ4n) is 2.30. The Morgan fingerprint density at radius 3 is 2.40 bits per heavy atom. The highest BCUT2D eigenvalue weighted by Gasteiger charge is 2.30. The van der Waals surface area contributed by atoms with Gasteiger partial charge in [-0.05, 0) is 30.4 Å². The van der Waals surface area contributed by atoms with Gasteiger partial charge in [0, 0.05) is 13.1 Å². The van der Waals surface area contributed by atoms with E-state index in [1.807, 2.05) is 0 Å². The second-order valence-corrected chi connectivity index (χ2v) is 6.66. The molecule has 0 amide bonds. The number of sulfonamides is 1. The van der Waals surface area contributed by atoms with Crippen molar-refractivity contribution in [1.82, 2.24) is 4.31 Å². The highest BCUT2D eigenvalue weighted by molar-refractivity contribution is 7.89. The molecule has 8 heteroatoms. The van der Waals surface area contributed by atoms with Gasteiger partial charge in [-0.2, -0.15) is 4.31 Å². The van der Waals surface area contributed by atoms with Gasteiger partial charge in [-0.25, -0.2) is 8.42 Å². The maximum Gasteiger partial charge on any atom is 0.488 e. The van der Waals surface area contributed by atoms with Crippen molar-refractivity contribution < 1.29 is 23.2 Å². The second-order valence-electron chi connectivity index (χ2n) is 4.75. The first kappa shape index (κ1) is 15.3. The largest absolute Gasteiger partial charge is 0.495 e. The fourth-order valence-corrected chi connectivity index (χ4v) is 4.01. The number of benzene rings is 1. The Morgan fingerprint density at radius 1 is 1.20 bits per heavy atom. The summed E-state index contributed by atoms with van der Waals surface area (Å²) < 4.78 is 31.8. The molecule has 1 heterocycles. The molecule has 1 aromatic rings. The first-order valence-electron chi connectivity index (χ1n) is 6.51. The van der Waals surface area contributed by atoms with Crippen molar-refractivity contribution >= 4 is 22.6 Å². The van der Waals surface area contributed by atoms with E-state index < -0.39 is 17.1 Å². The van der Waals surface area contributed by atoms with Crippen LogP contribution in [0.4, 0.5) is 0 Å². The lowest BCUT2D eigenvalue weighted by Crippen LogP contribution is -2.37. The second kappa shape index (κ2) is 6.13. The number of nitrogens with zero attached hydrogens (tertiary/aromatic N) is 1. The number of ether oxygens (including phenoxy) is 1. The van der Waals surface area contributed by atoms with Gasteiger partial charge in [-0.1, -0.05) is 12.5 Å². The topological polar surface area (TPSA) is 87.1 Å². The van der Waals surface area contributed by atoms with Crippen molar-refractivity contribution in [2.45, 2.75) is 24.2 Å². The molecular weight excluding hydrogens is 281 g/mol. The molecule has 110 valence electrons. The summed E-state index contributed by atoms with van der Waals surface area (Å²) in [4.78, 5) is -0.0208. The molecule has 0 bridgehead atoms. The molecule has 1 saturated heterocycles. The lowest BCUT2D eigenvalue weighted by atomic mass is 9.80. The Morgan fingerprint density at radius 2 is 1.85 bits per heavy atom. The van der Waals surface area contributed by atoms with Crippen molar-refractivity contribution in [1.29, 1.82) is 0 Å². The Kier molecular flexibility index (Phi) is 4.69. The molecule has 0 atom stereocenters. The van der Waals surface area contributed by atoms with E-state index in [1.165, 1.54) is 29.6 Å². The minimum Gasteiger partial charge on any atom is -0.495 e. The molecule has 0 aromatic heterocycles. The summed E-state index contributed by atoms with van der Waals surface area (Å²) in [5.41, 5.74) is 0.126. The van der Waals surface area contributed by atoms with Gasteiger partial charge in [0.25, 0.3) is 0 Å². The minimum absolute atomic E-state index is 0.0208. The molecular formula is C12H18BNO5S. The molecule has 2 N–H and O–H groups in total. The average molecular weight is 299 g/mol. The Hall–Kier alpha value is -1.09. The van der Waals surface area contributed by atoms with E-state index in [0.29, 0.717) is 13.1 Å². The van der Waals surface area contributed by atoms with Gasteiger partial charge in [-0.15, -0.1) is 0 Å². The average Bonchev–Trinajstić information content (AvgIpc) is 2.47. The standard InChI is InChI=1S/C12H18BNO5S/c1-19-11-6-5-10(13(15)16)9-12(11)20(17,18)14-7-3-2-4-8-14/h5-6,9,15-16H,2-4,7-8H2,1H3. The SMILES string of the molecule is COc1ccc(B(O)O)cc1S(=O)(=O)N1CCCCC1. The van der Waals surface area contributed by atoms with Crippen LogP contribution in [-0.2, 0) is 10.0 Å². The first-order valence-corrected chi connectivity index (χ1v) is 7.95. The zero-order valence-electron chi connectivity index (χ0n) is 11.3. The predicted octanol–water partition coefficient (Wildman–Crippen LogP) is -0.450. The molecule has 20 heavy (non-hydrogen) atoms. The summed E-state index contributed by atoms with van der Waals surface area (Å²) in [6.45, 7) is 0.967. The van der Waals surface area contributed by atoms with E-state index in [2.05, 4.69) is 0 Å². The Labute approximate surface area is 119 Å². The number of piperidine rings is 1. The molecule has 1 aliphatic rings. The summed E-state index contributed by atoms with van der Waals surface area (Å²) in [6.07, 6.45) is 2.70. The molecule has 1 fully saturated rings. The van der Waals surface area contributed by atoms with Crippen molar-refractivity contribution in [3.8, 4) is 5.75 Å². The number of methoxy groups -OCH3 is 1. The summed E-state index contributed by atoms with van der Waals surface area (Å²) in [5, 5.41) is 18.4. The van der Waals surface area contributed by atoms with E-state index in [0.717, 1.165) is 19.3 Å². The zero-order chi connectivity index (χ0) is 14.8. The van der Waals surface area contributed by atoms with Crippen LogP contribution in [-0.4, -0.2) is 50.1 Å². The maximum atomic E-state index is 12.6. The van der Waals surface area contributed by atoms with Crippen LogP contribution < -0.4 is 10.2 Å². The van der Waals surface area contributed by atoms with Gasteiger partial charge in [-0.3, -0.25) is 0 Å². The van der Waals surface area contributed by atoms with E-state index in [4.69, 9.17) is 4.74 Å². The highest BCUT2D eigenvalue weighted by atomic mass is 32.2. The highest BCUT2D eigenvalue weighted by Crippen LogP contribution is 2.27. The van der Waals surface area contributed by atoms with Crippen LogP contribution in [0.25, 0.3) is 0 Å². The number of hydrogen-bond acceptors (Lipinski definition) is 5. The molecule has 0 radical (unpaired) electrons. The van der Waals surface area contributed by atoms with Crippen LogP contribution in [0.2, 0.25) is 0 Å². The molecule has 1 aromatic carbocycles. The van der Waals surface area contributed by atoms with Crippen LogP contribution in [0.15, 0.2) is 23.1 Å². The molecule has 1 aliphatic heterocycles. The third kappa shape index (κ3) is 2.98. The summed E-state index contributed by atoms with van der Waals surface area (Å²) in [6, 6.07) is 4.12. The quantitative estimate of drug-likeness (QED) is 0.735. The maximum absolute atomic E-state index is 12.6. The van der Waals surface area contributed by atoms with Gasteiger partial charge < -0.3 is 14.8 Å². The van der Waals surface area contributed by atoms with E-state index in [-0.39, 0.29) is 16.1 Å². The normalized spacial score (nSPS) is 16.9. The van der Waals surface area contributed by atoms with Crippen molar-refractivity contribution in [3.05, 3.63) is 18.2 Å². The van der Waals surface area contributed by atoms with E-state index in [1.54, 1.807) is 0 Å². The van der Waals surface area contributed by atoms with Crippen molar-refractivity contribution in [2.24, 2.45) is 0 Å². The monoisotopic (exact) mass is 299 g/mol. The van der Waals surface area contributed by atoms with Gasteiger partial charge in [0.1, 0.15) is 10.6 Å². The van der Waals surface area contributed by atoms with Crippen LogP contribution in [0.3, 0.4) is 0 Å². The van der Waals surface area contributed by atoms with Gasteiger partial charge in [0.15, 0.2) is 0 Å². The summed E-state index contributed by atoms with van der Waals surface area (Å²) in [5.74, 6) is 0.208. The number of hydrogen-bond donors (Lipinski definition) is 2. The van der Waals surface area contributed by atoms with Crippen LogP contribution in [0, 0.1) is 0 Å². The van der Waals surface area contributed by atoms with Crippen molar-refractivity contribution in [2.75, 3.05) is 20.2 Å². The van der Waals surface area contributed by atoms with Gasteiger partial charge in [0.05, 0.1) is 7.11 Å². The van der Waals surface area contributed by atoms with Crippen LogP contribution >= 0.6 is 0 Å². The lowest BCUT2D eigenvalue weighted by Gasteiger charge is -2.26. The van der Waals surface area contributed by atoms with E-state index in [9.17, 15) is 18.5 Å². The number of rotatable bonds is 4. The lowest BCUT2D eigenvalue weighted by molar-refractivity contribution is 0.343. The molecule has 2 rings (SSSR count).